The largest absolute Gasteiger partial charge is 0.492 e. The topological polar surface area (TPSA) is 32.7 Å². The van der Waals surface area contributed by atoms with Crippen LogP contribution in [-0.2, 0) is 0 Å². The standard InChI is InChI=1S/C18H25NO2/c1-16-8-9-18(17(15-16)7-2-5-13-20)21-14-6-12-19-10-3-4-11-19/h8-9,15,20H,3-6,10-14H2,1H3. The Labute approximate surface area is 127 Å². The molecule has 1 heterocycles. The van der Waals surface area contributed by atoms with Crippen molar-refractivity contribution in [3.8, 4) is 17.6 Å². The minimum atomic E-state index is 0.102. The molecule has 0 aliphatic carbocycles. The molecule has 1 N–H and O–H groups in total. The zero-order valence-electron chi connectivity index (χ0n) is 12.9. The minimum absolute atomic E-state index is 0.102. The van der Waals surface area contributed by atoms with E-state index < -0.39 is 0 Å². The Bertz CT molecular complexity index is 496. The van der Waals surface area contributed by atoms with Gasteiger partial charge in [-0.1, -0.05) is 17.9 Å². The van der Waals surface area contributed by atoms with Gasteiger partial charge in [0.05, 0.1) is 18.8 Å². The first-order valence-electron chi connectivity index (χ1n) is 7.85. The molecule has 114 valence electrons. The maximum atomic E-state index is 8.81. The third-order valence-electron chi connectivity index (χ3n) is 3.67. The Kier molecular flexibility index (Phi) is 6.59. The molecule has 3 nitrogen and oxygen atoms in total. The lowest BCUT2D eigenvalue weighted by Crippen LogP contribution is -2.21. The molecule has 0 unspecified atom stereocenters. The predicted octanol–water partition coefficient (Wildman–Crippen LogP) is 2.59. The number of ether oxygens (including phenoxy) is 1. The summed E-state index contributed by atoms with van der Waals surface area (Å²) >= 11 is 0. The monoisotopic (exact) mass is 287 g/mol. The maximum absolute atomic E-state index is 8.81. The number of aryl methyl sites for hydroxylation is 1. The molecule has 1 aromatic rings. The Balaban J connectivity index is 1.85. The van der Waals surface area contributed by atoms with Crippen molar-refractivity contribution in [3.63, 3.8) is 0 Å². The van der Waals surface area contributed by atoms with Gasteiger partial charge in [-0.3, -0.25) is 0 Å². The number of benzene rings is 1. The van der Waals surface area contributed by atoms with Gasteiger partial charge in [-0.2, -0.15) is 0 Å². The van der Waals surface area contributed by atoms with Gasteiger partial charge in [0, 0.05) is 13.0 Å². The summed E-state index contributed by atoms with van der Waals surface area (Å²) in [6.07, 6.45) is 4.23. The molecule has 0 aromatic heterocycles. The number of likely N-dealkylation sites (tertiary alicyclic amines) is 1. The van der Waals surface area contributed by atoms with Gasteiger partial charge in [0.25, 0.3) is 0 Å². The van der Waals surface area contributed by atoms with E-state index in [2.05, 4.69) is 16.7 Å². The first-order chi connectivity index (χ1) is 10.3. The van der Waals surface area contributed by atoms with Gasteiger partial charge in [-0.25, -0.2) is 0 Å². The summed E-state index contributed by atoms with van der Waals surface area (Å²) in [5.74, 6) is 6.91. The lowest BCUT2D eigenvalue weighted by atomic mass is 10.1. The molecule has 1 saturated heterocycles. The Morgan fingerprint density at radius 2 is 2.10 bits per heavy atom. The van der Waals surface area contributed by atoms with E-state index in [-0.39, 0.29) is 6.61 Å². The van der Waals surface area contributed by atoms with Crippen molar-refractivity contribution in [1.82, 2.24) is 4.90 Å². The van der Waals surface area contributed by atoms with E-state index in [1.54, 1.807) is 0 Å². The fourth-order valence-electron chi connectivity index (χ4n) is 2.56. The molecule has 0 amide bonds. The minimum Gasteiger partial charge on any atom is -0.492 e. The van der Waals surface area contributed by atoms with Crippen LogP contribution in [0.2, 0.25) is 0 Å². The summed E-state index contributed by atoms with van der Waals surface area (Å²) in [4.78, 5) is 2.50. The van der Waals surface area contributed by atoms with Crippen LogP contribution in [0.5, 0.6) is 5.75 Å². The fraction of sp³-hybridized carbons (Fsp3) is 0.556. The second-order valence-electron chi connectivity index (χ2n) is 5.53. The number of hydrogen-bond acceptors (Lipinski definition) is 3. The third kappa shape index (κ3) is 5.41. The predicted molar refractivity (Wildman–Crippen MR) is 85.5 cm³/mol. The average Bonchev–Trinajstić information content (AvgIpc) is 2.99. The number of nitrogens with zero attached hydrogens (tertiary/aromatic N) is 1. The van der Waals surface area contributed by atoms with E-state index in [9.17, 15) is 0 Å². The van der Waals surface area contributed by atoms with Crippen molar-refractivity contribution >= 4 is 0 Å². The highest BCUT2D eigenvalue weighted by molar-refractivity contribution is 5.48. The van der Waals surface area contributed by atoms with Gasteiger partial charge in [0.2, 0.25) is 0 Å². The van der Waals surface area contributed by atoms with Gasteiger partial charge in [0.15, 0.2) is 0 Å². The number of aliphatic hydroxyl groups is 1. The molecule has 0 atom stereocenters. The molecular formula is C18H25NO2. The SMILES string of the molecule is Cc1ccc(OCCCN2CCCC2)c(C#CCCO)c1. The highest BCUT2D eigenvalue weighted by Crippen LogP contribution is 2.19. The van der Waals surface area contributed by atoms with Crippen molar-refractivity contribution < 1.29 is 9.84 Å². The normalized spacial score (nSPS) is 14.8. The molecule has 0 bridgehead atoms. The summed E-state index contributed by atoms with van der Waals surface area (Å²) in [6.45, 7) is 6.48. The molecule has 1 aliphatic heterocycles. The van der Waals surface area contributed by atoms with Gasteiger partial charge in [0.1, 0.15) is 5.75 Å². The first-order valence-corrected chi connectivity index (χ1v) is 7.85. The molecule has 1 aliphatic rings. The van der Waals surface area contributed by atoms with Crippen LogP contribution < -0.4 is 4.74 Å². The zero-order valence-corrected chi connectivity index (χ0v) is 12.9. The van der Waals surface area contributed by atoms with E-state index in [0.29, 0.717) is 6.42 Å². The van der Waals surface area contributed by atoms with Crippen molar-refractivity contribution in [3.05, 3.63) is 29.3 Å². The van der Waals surface area contributed by atoms with E-state index in [1.165, 1.54) is 31.5 Å². The lowest BCUT2D eigenvalue weighted by molar-refractivity contribution is 0.263. The zero-order chi connectivity index (χ0) is 14.9. The second kappa shape index (κ2) is 8.71. The van der Waals surface area contributed by atoms with Gasteiger partial charge >= 0.3 is 0 Å². The summed E-state index contributed by atoms with van der Waals surface area (Å²) in [6, 6.07) is 6.08. The summed E-state index contributed by atoms with van der Waals surface area (Å²) in [7, 11) is 0. The quantitative estimate of drug-likeness (QED) is 0.645. The molecule has 1 fully saturated rings. The molecule has 0 radical (unpaired) electrons. The molecule has 0 saturated carbocycles. The van der Waals surface area contributed by atoms with Crippen LogP contribution in [-0.4, -0.2) is 42.9 Å². The number of rotatable bonds is 6. The Morgan fingerprint density at radius 3 is 2.86 bits per heavy atom. The van der Waals surface area contributed by atoms with Crippen LogP contribution in [0.3, 0.4) is 0 Å². The second-order valence-corrected chi connectivity index (χ2v) is 5.53. The average molecular weight is 287 g/mol. The molecule has 21 heavy (non-hydrogen) atoms. The lowest BCUT2D eigenvalue weighted by Gasteiger charge is -2.15. The van der Waals surface area contributed by atoms with Crippen LogP contribution in [0.15, 0.2) is 18.2 Å². The van der Waals surface area contributed by atoms with Gasteiger partial charge in [-0.05, 0) is 57.0 Å². The Hall–Kier alpha value is -1.50. The Morgan fingerprint density at radius 1 is 1.29 bits per heavy atom. The van der Waals surface area contributed by atoms with Crippen LogP contribution in [0.25, 0.3) is 0 Å². The van der Waals surface area contributed by atoms with Crippen molar-refractivity contribution in [2.75, 3.05) is 32.8 Å². The van der Waals surface area contributed by atoms with Crippen molar-refractivity contribution in [2.45, 2.75) is 32.6 Å². The maximum Gasteiger partial charge on any atom is 0.134 e. The van der Waals surface area contributed by atoms with Crippen LogP contribution >= 0.6 is 0 Å². The molecular weight excluding hydrogens is 262 g/mol. The van der Waals surface area contributed by atoms with E-state index in [1.807, 2.05) is 25.1 Å². The molecule has 1 aromatic carbocycles. The molecule has 0 spiro atoms. The van der Waals surface area contributed by atoms with Crippen LogP contribution in [0, 0.1) is 18.8 Å². The molecule has 2 rings (SSSR count). The fourth-order valence-corrected chi connectivity index (χ4v) is 2.56. The van der Waals surface area contributed by atoms with E-state index >= 15 is 0 Å². The number of hydrogen-bond donors (Lipinski definition) is 1. The first kappa shape index (κ1) is 15.9. The van der Waals surface area contributed by atoms with Gasteiger partial charge in [-0.15, -0.1) is 0 Å². The van der Waals surface area contributed by atoms with E-state index in [4.69, 9.17) is 9.84 Å². The van der Waals surface area contributed by atoms with E-state index in [0.717, 1.165) is 30.9 Å². The highest BCUT2D eigenvalue weighted by Gasteiger charge is 2.10. The summed E-state index contributed by atoms with van der Waals surface area (Å²) in [5.41, 5.74) is 2.09. The highest BCUT2D eigenvalue weighted by atomic mass is 16.5. The number of aliphatic hydroxyl groups excluding tert-OH is 1. The van der Waals surface area contributed by atoms with Gasteiger partial charge < -0.3 is 14.7 Å². The van der Waals surface area contributed by atoms with Crippen LogP contribution in [0.1, 0.15) is 36.8 Å². The van der Waals surface area contributed by atoms with Crippen molar-refractivity contribution in [2.24, 2.45) is 0 Å². The smallest absolute Gasteiger partial charge is 0.134 e. The van der Waals surface area contributed by atoms with Crippen LogP contribution in [0.4, 0.5) is 0 Å². The summed E-state index contributed by atoms with van der Waals surface area (Å²) < 4.78 is 5.89. The third-order valence-corrected chi connectivity index (χ3v) is 3.67. The van der Waals surface area contributed by atoms with Crippen molar-refractivity contribution in [1.29, 1.82) is 0 Å². The molecule has 3 heteroatoms. The summed E-state index contributed by atoms with van der Waals surface area (Å²) in [5, 5.41) is 8.81.